The van der Waals surface area contributed by atoms with E-state index in [0.717, 1.165) is 0 Å². The van der Waals surface area contributed by atoms with Crippen LogP contribution in [0.25, 0.3) is 0 Å². The van der Waals surface area contributed by atoms with Crippen molar-refractivity contribution >= 4 is 22.0 Å². The van der Waals surface area contributed by atoms with Gasteiger partial charge in [0.25, 0.3) is 0 Å². The first-order chi connectivity index (χ1) is 3.18. The van der Waals surface area contributed by atoms with Gasteiger partial charge in [-0.05, 0) is 0 Å². The van der Waals surface area contributed by atoms with E-state index in [4.69, 9.17) is 5.73 Å². The topological polar surface area (TPSA) is 66.2 Å². The van der Waals surface area contributed by atoms with Crippen LogP contribution in [0.15, 0.2) is 0 Å². The number of rotatable bonds is 2. The molecule has 0 bridgehead atoms. The zero-order valence-electron chi connectivity index (χ0n) is 3.59. The molecule has 0 amide bonds. The average molecular weight is 166 g/mol. The van der Waals surface area contributed by atoms with E-state index in [2.05, 4.69) is 16.0 Å². The molecule has 0 saturated carbocycles. The maximum atomic E-state index is 9.67. The number of carbonyl (C=O) groups is 1. The fourth-order valence-electron chi connectivity index (χ4n) is 0.0680. The Balaban J connectivity index is 3.34. The molecule has 0 fully saturated rings. The van der Waals surface area contributed by atoms with Gasteiger partial charge in [-0.1, -0.05) is 0 Å². The molecule has 4 heteroatoms. The summed E-state index contributed by atoms with van der Waals surface area (Å²) in [6.45, 7) is 0. The summed E-state index contributed by atoms with van der Waals surface area (Å²) in [6, 6.07) is -0.847. The van der Waals surface area contributed by atoms with Crippen LogP contribution in [0, 0.1) is 0 Å². The molecule has 3 nitrogen and oxygen atoms in total. The van der Waals surface area contributed by atoms with Gasteiger partial charge in [-0.15, -0.1) is 0 Å². The summed E-state index contributed by atoms with van der Waals surface area (Å²) in [6.07, 6.45) is 0. The van der Waals surface area contributed by atoms with Gasteiger partial charge in [-0.2, -0.15) is 0 Å². The quantitative estimate of drug-likeness (QED) is 0.467. The molecule has 1 radical (unpaired) electrons. The molecule has 41 valence electrons. The van der Waals surface area contributed by atoms with E-state index in [0.29, 0.717) is 5.32 Å². The number of carbonyl (C=O) groups excluding carboxylic acids is 1. The van der Waals surface area contributed by atoms with Gasteiger partial charge in [0.1, 0.15) is 0 Å². The predicted octanol–water partition coefficient (Wildman–Crippen LogP) is -2.35. The van der Waals surface area contributed by atoms with Crippen LogP contribution in [0.3, 0.4) is 0 Å². The van der Waals surface area contributed by atoms with Crippen molar-refractivity contribution in [3.8, 4) is 0 Å². The zero-order valence-corrected chi connectivity index (χ0v) is 5.30. The van der Waals surface area contributed by atoms with Crippen LogP contribution in [-0.4, -0.2) is 28.0 Å². The van der Waals surface area contributed by atoms with E-state index in [1.54, 1.807) is 0 Å². The fourth-order valence-corrected chi connectivity index (χ4v) is 0.354. The van der Waals surface area contributed by atoms with E-state index in [-0.39, 0.29) is 0 Å². The Bertz CT molecular complexity index is 75.3. The van der Waals surface area contributed by atoms with Crippen LogP contribution >= 0.6 is 0 Å². The molecule has 7 heavy (non-hydrogen) atoms. The summed E-state index contributed by atoms with van der Waals surface area (Å²) in [7, 11) is 0. The summed E-state index contributed by atoms with van der Waals surface area (Å²) in [5.41, 5.74) is 4.92. The first kappa shape index (κ1) is 6.95. The summed E-state index contributed by atoms with van der Waals surface area (Å²) in [4.78, 5) is 9.67. The third-order valence-corrected chi connectivity index (χ3v) is 1.24. The molecule has 0 aromatic heterocycles. The van der Waals surface area contributed by atoms with Gasteiger partial charge in [-0.3, -0.25) is 0 Å². The van der Waals surface area contributed by atoms with E-state index in [1.165, 1.54) is 0 Å². The second-order valence-electron chi connectivity index (χ2n) is 1.09. The molecule has 0 aliphatic heterocycles. The molecule has 2 N–H and O–H groups in total. The van der Waals surface area contributed by atoms with Crippen molar-refractivity contribution in [3.63, 3.8) is 0 Å². The van der Waals surface area contributed by atoms with E-state index >= 15 is 0 Å². The van der Waals surface area contributed by atoms with Crippen LogP contribution in [0.1, 0.15) is 0 Å². The van der Waals surface area contributed by atoms with Crippen molar-refractivity contribution in [2.45, 2.75) is 11.4 Å². The third-order valence-electron chi connectivity index (χ3n) is 0.482. The minimum absolute atomic E-state index is 0.308. The number of nitrogens with two attached hydrogens (primary N) is 1. The molecule has 0 unspecified atom stereocenters. The van der Waals surface area contributed by atoms with Crippen molar-refractivity contribution in [3.05, 3.63) is 0 Å². The molecular formula is C3H5NO2Se-. The molecule has 0 aromatic carbocycles. The van der Waals surface area contributed by atoms with Crippen molar-refractivity contribution < 1.29 is 9.90 Å². The standard InChI is InChI=1S/C3H6NO2Se/c4-2(1-7)3(5)6/h2H,1,4H2,(H,5,6)/p-1/t2-/m0/s1. The maximum absolute atomic E-state index is 9.67. The summed E-state index contributed by atoms with van der Waals surface area (Å²) in [5.74, 6) is -1.21. The van der Waals surface area contributed by atoms with Crippen LogP contribution < -0.4 is 10.8 Å². The van der Waals surface area contributed by atoms with Crippen molar-refractivity contribution in [2.24, 2.45) is 5.73 Å². The third kappa shape index (κ3) is 2.62. The zero-order chi connectivity index (χ0) is 5.86. The number of hydrogen-bond acceptors (Lipinski definition) is 3. The molecule has 1 atom stereocenters. The van der Waals surface area contributed by atoms with Crippen LogP contribution in [0.4, 0.5) is 0 Å². The summed E-state index contributed by atoms with van der Waals surface area (Å²) in [5, 5.41) is 9.98. The number of carboxylic acids is 1. The Morgan fingerprint density at radius 2 is 2.43 bits per heavy atom. The monoisotopic (exact) mass is 167 g/mol. The van der Waals surface area contributed by atoms with Gasteiger partial charge in [0, 0.05) is 0 Å². The average Bonchev–Trinajstić information content (AvgIpc) is 1.65. The van der Waals surface area contributed by atoms with Gasteiger partial charge in [0.05, 0.1) is 0 Å². The van der Waals surface area contributed by atoms with Crippen LogP contribution in [0.5, 0.6) is 0 Å². The van der Waals surface area contributed by atoms with Crippen LogP contribution in [-0.2, 0) is 4.79 Å². The predicted molar refractivity (Wildman–Crippen MR) is 23.5 cm³/mol. The van der Waals surface area contributed by atoms with Gasteiger partial charge in [0.2, 0.25) is 0 Å². The number of aliphatic carboxylic acids is 1. The SMILES string of the molecule is N[C@@H](C[Se])C(=O)[O-]. The summed E-state index contributed by atoms with van der Waals surface area (Å²) < 4.78 is 0. The number of carboxylic acid groups (broad SMARTS) is 1. The normalized spacial score (nSPS) is 13.4. The Kier molecular flexibility index (Phi) is 3.00. The van der Waals surface area contributed by atoms with E-state index in [1.807, 2.05) is 0 Å². The first-order valence-corrected chi connectivity index (χ1v) is 2.94. The van der Waals surface area contributed by atoms with Gasteiger partial charge < -0.3 is 0 Å². The molecule has 0 saturated heterocycles. The molecule has 0 rings (SSSR count). The second kappa shape index (κ2) is 3.02. The second-order valence-corrected chi connectivity index (χ2v) is 1.79. The van der Waals surface area contributed by atoms with Crippen molar-refractivity contribution in [2.75, 3.05) is 0 Å². The molecule has 0 aliphatic rings. The Morgan fingerprint density at radius 3 is 2.43 bits per heavy atom. The molecule has 0 aliphatic carbocycles. The van der Waals surface area contributed by atoms with Crippen molar-refractivity contribution in [1.29, 1.82) is 0 Å². The fraction of sp³-hybridized carbons (Fsp3) is 0.667. The van der Waals surface area contributed by atoms with Gasteiger partial charge in [-0.25, -0.2) is 0 Å². The van der Waals surface area contributed by atoms with Crippen molar-refractivity contribution in [1.82, 2.24) is 0 Å². The Labute approximate surface area is 49.7 Å². The van der Waals surface area contributed by atoms with E-state index < -0.39 is 12.0 Å². The Hall–Kier alpha value is -0.0505. The molecular weight excluding hydrogens is 161 g/mol. The summed E-state index contributed by atoms with van der Waals surface area (Å²) >= 11 is 2.48. The first-order valence-electron chi connectivity index (χ1n) is 1.73. The van der Waals surface area contributed by atoms with Gasteiger partial charge >= 0.3 is 49.0 Å². The molecule has 0 heterocycles. The minimum atomic E-state index is -1.21. The molecule has 0 spiro atoms. The Morgan fingerprint density at radius 1 is 2.00 bits per heavy atom. The number of hydrogen-bond donors (Lipinski definition) is 1. The van der Waals surface area contributed by atoms with E-state index in [9.17, 15) is 9.90 Å². The van der Waals surface area contributed by atoms with Gasteiger partial charge in [0.15, 0.2) is 0 Å². The van der Waals surface area contributed by atoms with Crippen LogP contribution in [0.2, 0.25) is 5.32 Å². The molecule has 0 aromatic rings.